The molecule has 9 heteroatoms. The molecular formula is C19H28N2O6S. The molecule has 156 valence electrons. The molecule has 2 N–H and O–H groups in total. The van der Waals surface area contributed by atoms with Gasteiger partial charge >= 0.3 is 0 Å². The van der Waals surface area contributed by atoms with E-state index in [2.05, 4.69) is 22.0 Å². The van der Waals surface area contributed by atoms with Crippen molar-refractivity contribution in [2.75, 3.05) is 20.0 Å². The number of hydrogen-bond donors (Lipinski definition) is 2. The lowest BCUT2D eigenvalue weighted by Crippen LogP contribution is -2.49. The van der Waals surface area contributed by atoms with Crippen LogP contribution in [0.15, 0.2) is 18.2 Å². The molecule has 0 aliphatic rings. The molecular weight excluding hydrogens is 384 g/mol. The first-order valence-electron chi connectivity index (χ1n) is 8.82. The molecule has 0 aliphatic heterocycles. The van der Waals surface area contributed by atoms with Gasteiger partial charge in [0.15, 0.2) is 11.5 Å². The van der Waals surface area contributed by atoms with Gasteiger partial charge in [-0.1, -0.05) is 32.8 Å². The van der Waals surface area contributed by atoms with E-state index in [9.17, 15) is 13.2 Å². The topological polar surface area (TPSA) is 103 Å². The van der Waals surface area contributed by atoms with Crippen LogP contribution in [0.1, 0.15) is 32.8 Å². The van der Waals surface area contributed by atoms with Gasteiger partial charge in [-0.15, -0.1) is 5.92 Å². The van der Waals surface area contributed by atoms with Crippen LogP contribution in [0.25, 0.3) is 0 Å². The van der Waals surface area contributed by atoms with Crippen LogP contribution in [0.5, 0.6) is 11.5 Å². The highest BCUT2D eigenvalue weighted by atomic mass is 32.2. The van der Waals surface area contributed by atoms with Crippen LogP contribution in [0.3, 0.4) is 0 Å². The number of methoxy groups -OCH3 is 1. The van der Waals surface area contributed by atoms with Crippen molar-refractivity contribution >= 4 is 15.9 Å². The summed E-state index contributed by atoms with van der Waals surface area (Å²) in [6, 6.07) is 4.30. The zero-order valence-electron chi connectivity index (χ0n) is 16.9. The second-order valence-corrected chi connectivity index (χ2v) is 8.13. The lowest BCUT2D eigenvalue weighted by molar-refractivity contribution is -0.137. The van der Waals surface area contributed by atoms with Gasteiger partial charge in [0.05, 0.1) is 20.0 Å². The lowest BCUT2D eigenvalue weighted by Gasteiger charge is -2.20. The van der Waals surface area contributed by atoms with Gasteiger partial charge in [-0.2, -0.15) is 0 Å². The first kappa shape index (κ1) is 23.8. The Balaban J connectivity index is 2.65. The summed E-state index contributed by atoms with van der Waals surface area (Å²) in [6.07, 6.45) is 1.76. The first-order chi connectivity index (χ1) is 13.2. The first-order valence-corrected chi connectivity index (χ1v) is 10.7. The van der Waals surface area contributed by atoms with Crippen molar-refractivity contribution in [2.24, 2.45) is 5.92 Å². The van der Waals surface area contributed by atoms with Crippen LogP contribution in [0.2, 0.25) is 0 Å². The van der Waals surface area contributed by atoms with Crippen LogP contribution < -0.4 is 19.7 Å². The molecule has 28 heavy (non-hydrogen) atoms. The van der Waals surface area contributed by atoms with E-state index in [0.717, 1.165) is 18.2 Å². The molecule has 0 unspecified atom stereocenters. The summed E-state index contributed by atoms with van der Waals surface area (Å²) in [7, 11) is -2.00. The Morgan fingerprint density at radius 3 is 2.50 bits per heavy atom. The maximum Gasteiger partial charge on any atom is 0.261 e. The Morgan fingerprint density at radius 2 is 1.93 bits per heavy atom. The molecule has 0 bridgehead atoms. The van der Waals surface area contributed by atoms with E-state index in [1.54, 1.807) is 32.0 Å². The van der Waals surface area contributed by atoms with E-state index in [1.165, 1.54) is 7.11 Å². The summed E-state index contributed by atoms with van der Waals surface area (Å²) in [5, 5.41) is 0. The van der Waals surface area contributed by atoms with Crippen molar-refractivity contribution in [1.29, 1.82) is 0 Å². The van der Waals surface area contributed by atoms with Crippen molar-refractivity contribution in [3.8, 4) is 23.3 Å². The molecule has 1 amide bonds. The number of nitrogens with one attached hydrogen (secondary N) is 2. The molecule has 0 saturated carbocycles. The Bertz CT molecular complexity index is 811. The average Bonchev–Trinajstić information content (AvgIpc) is 2.62. The number of hydroxylamine groups is 1. The maximum absolute atomic E-state index is 12.2. The van der Waals surface area contributed by atoms with Crippen LogP contribution in [0, 0.1) is 17.8 Å². The van der Waals surface area contributed by atoms with E-state index in [-0.39, 0.29) is 19.1 Å². The van der Waals surface area contributed by atoms with Gasteiger partial charge in [-0.25, -0.2) is 18.6 Å². The van der Waals surface area contributed by atoms with Crippen molar-refractivity contribution in [3.63, 3.8) is 0 Å². The summed E-state index contributed by atoms with van der Waals surface area (Å²) in [4.78, 5) is 17.4. The fourth-order valence-electron chi connectivity index (χ4n) is 2.19. The zero-order valence-corrected chi connectivity index (χ0v) is 17.7. The van der Waals surface area contributed by atoms with Crippen molar-refractivity contribution in [2.45, 2.75) is 39.8 Å². The molecule has 0 fully saturated rings. The number of hydrogen-bond acceptors (Lipinski definition) is 6. The lowest BCUT2D eigenvalue weighted by atomic mass is 10.1. The van der Waals surface area contributed by atoms with E-state index in [4.69, 9.17) is 14.3 Å². The number of amides is 1. The Morgan fingerprint density at radius 1 is 1.21 bits per heavy atom. The second kappa shape index (κ2) is 11.5. The minimum absolute atomic E-state index is 0.0711. The third kappa shape index (κ3) is 8.61. The highest BCUT2D eigenvalue weighted by molar-refractivity contribution is 7.88. The molecule has 0 heterocycles. The molecule has 1 rings (SSSR count). The van der Waals surface area contributed by atoms with Crippen LogP contribution >= 0.6 is 0 Å². The number of benzene rings is 1. The molecule has 1 aromatic carbocycles. The fraction of sp³-hybridized carbons (Fsp3) is 0.526. The van der Waals surface area contributed by atoms with Gasteiger partial charge in [0.25, 0.3) is 5.91 Å². The predicted octanol–water partition coefficient (Wildman–Crippen LogP) is 1.61. The van der Waals surface area contributed by atoms with Crippen molar-refractivity contribution in [3.05, 3.63) is 23.8 Å². The van der Waals surface area contributed by atoms with Crippen molar-refractivity contribution in [1.82, 2.24) is 10.2 Å². The highest BCUT2D eigenvalue weighted by Gasteiger charge is 2.25. The number of ether oxygens (including phenoxy) is 2. The molecule has 8 nitrogen and oxygen atoms in total. The fourth-order valence-corrected chi connectivity index (χ4v) is 3.03. The third-order valence-corrected chi connectivity index (χ3v) is 4.21. The number of sulfonamides is 1. The van der Waals surface area contributed by atoms with E-state index >= 15 is 0 Å². The highest BCUT2D eigenvalue weighted by Crippen LogP contribution is 2.28. The molecule has 1 aromatic rings. The normalized spacial score (nSPS) is 12.1. The van der Waals surface area contributed by atoms with Crippen molar-refractivity contribution < 1.29 is 27.5 Å². The second-order valence-electron chi connectivity index (χ2n) is 6.35. The SMILES string of the molecule is CCC#CCOc1ccc(CONC(=O)[C@@H](NS(C)(=O)=O)C(C)C)cc1OC. The molecule has 0 spiro atoms. The molecule has 0 saturated heterocycles. The number of carbonyl (C=O) groups excluding carboxylic acids is 1. The third-order valence-electron chi connectivity index (χ3n) is 3.53. The minimum atomic E-state index is -3.52. The van der Waals surface area contributed by atoms with Gasteiger partial charge < -0.3 is 9.47 Å². The van der Waals surface area contributed by atoms with Gasteiger partial charge in [0.1, 0.15) is 12.6 Å². The van der Waals surface area contributed by atoms with Gasteiger partial charge in [-0.05, 0) is 23.6 Å². The minimum Gasteiger partial charge on any atom is -0.493 e. The summed E-state index contributed by atoms with van der Waals surface area (Å²) in [6.45, 7) is 5.76. The van der Waals surface area contributed by atoms with Gasteiger partial charge in [-0.3, -0.25) is 9.63 Å². The standard InChI is InChI=1S/C19H28N2O6S/c1-6-7-8-11-26-16-10-9-15(12-17(16)25-4)13-27-20-19(22)18(14(2)3)21-28(5,23)24/h9-10,12,14,18,21H,6,11,13H2,1-5H3,(H,20,22)/t18-/m0/s1. The smallest absolute Gasteiger partial charge is 0.261 e. The molecule has 0 aliphatic carbocycles. The molecule has 0 radical (unpaired) electrons. The van der Waals surface area contributed by atoms with Gasteiger partial charge in [0.2, 0.25) is 10.0 Å². The summed E-state index contributed by atoms with van der Waals surface area (Å²) < 4.78 is 35.9. The monoisotopic (exact) mass is 412 g/mol. The Kier molecular flexibility index (Phi) is 9.79. The number of carbonyl (C=O) groups is 1. The zero-order chi connectivity index (χ0) is 21.2. The molecule has 0 aromatic heterocycles. The average molecular weight is 413 g/mol. The largest absolute Gasteiger partial charge is 0.493 e. The van der Waals surface area contributed by atoms with Crippen LogP contribution in [0.4, 0.5) is 0 Å². The van der Waals surface area contributed by atoms with Crippen LogP contribution in [-0.2, 0) is 26.3 Å². The summed E-state index contributed by atoms with van der Waals surface area (Å²) >= 11 is 0. The summed E-state index contributed by atoms with van der Waals surface area (Å²) in [5.41, 5.74) is 3.02. The maximum atomic E-state index is 12.2. The number of rotatable bonds is 10. The summed E-state index contributed by atoms with van der Waals surface area (Å²) in [5.74, 6) is 6.06. The van der Waals surface area contributed by atoms with E-state index in [1.807, 2.05) is 6.92 Å². The van der Waals surface area contributed by atoms with Crippen LogP contribution in [-0.4, -0.2) is 40.3 Å². The quantitative estimate of drug-likeness (QED) is 0.447. The Hall–Kier alpha value is -2.28. The predicted molar refractivity (Wildman–Crippen MR) is 106 cm³/mol. The molecule has 1 atom stereocenters. The Labute approximate surface area is 166 Å². The van der Waals surface area contributed by atoms with Gasteiger partial charge in [0, 0.05) is 6.42 Å². The van der Waals surface area contributed by atoms with E-state index < -0.39 is 22.0 Å². The van der Waals surface area contributed by atoms with E-state index in [0.29, 0.717) is 11.5 Å².